The predicted molar refractivity (Wildman–Crippen MR) is 116 cm³/mol. The normalized spacial score (nSPS) is 15.1. The lowest BCUT2D eigenvalue weighted by Crippen LogP contribution is -2.31. The van der Waals surface area contributed by atoms with Crippen molar-refractivity contribution in [2.75, 3.05) is 10.6 Å². The van der Waals surface area contributed by atoms with E-state index >= 15 is 0 Å². The van der Waals surface area contributed by atoms with E-state index in [0.29, 0.717) is 5.25 Å². The minimum Gasteiger partial charge on any atom is -0.331 e. The van der Waals surface area contributed by atoms with E-state index < -0.39 is 0 Å². The van der Waals surface area contributed by atoms with Gasteiger partial charge in [-0.25, -0.2) is 4.79 Å². The van der Waals surface area contributed by atoms with Crippen LogP contribution in [-0.2, 0) is 4.79 Å². The van der Waals surface area contributed by atoms with E-state index in [-0.39, 0.29) is 18.0 Å². The molecule has 0 heterocycles. The van der Waals surface area contributed by atoms with Crippen LogP contribution in [0.1, 0.15) is 51.1 Å². The second-order valence-corrected chi connectivity index (χ2v) is 8.49. The minimum atomic E-state index is -0.239. The van der Waals surface area contributed by atoms with Crippen LogP contribution >= 0.6 is 11.8 Å². The molecule has 6 heteroatoms. The van der Waals surface area contributed by atoms with Crippen LogP contribution in [0.2, 0.25) is 0 Å². The molecular weight excluding hydrogens is 370 g/mol. The smallest absolute Gasteiger partial charge is 0.319 e. The predicted octanol–water partition coefficient (Wildman–Crippen LogP) is 5.56. The van der Waals surface area contributed by atoms with E-state index in [2.05, 4.69) is 22.0 Å². The van der Waals surface area contributed by atoms with Crippen LogP contribution in [0.3, 0.4) is 0 Å². The summed E-state index contributed by atoms with van der Waals surface area (Å²) in [4.78, 5) is 24.9. The van der Waals surface area contributed by atoms with Crippen molar-refractivity contribution in [3.05, 3.63) is 54.1 Å². The van der Waals surface area contributed by atoms with E-state index in [0.717, 1.165) is 21.8 Å². The molecule has 3 N–H and O–H groups in total. The molecule has 0 unspecified atom stereocenters. The first-order valence-corrected chi connectivity index (χ1v) is 10.6. The monoisotopic (exact) mass is 397 g/mol. The molecule has 0 spiro atoms. The highest BCUT2D eigenvalue weighted by Gasteiger charge is 2.18. The third-order valence-electron chi connectivity index (χ3n) is 4.79. The maximum Gasteiger partial charge on any atom is 0.319 e. The highest BCUT2D eigenvalue weighted by molar-refractivity contribution is 8.00. The summed E-state index contributed by atoms with van der Waals surface area (Å²) >= 11 is 1.86. The number of para-hydroxylation sites is 1. The van der Waals surface area contributed by atoms with E-state index in [1.165, 1.54) is 32.6 Å². The van der Waals surface area contributed by atoms with Gasteiger partial charge in [0.2, 0.25) is 5.91 Å². The zero-order valence-electron chi connectivity index (χ0n) is 16.3. The van der Waals surface area contributed by atoms with Crippen LogP contribution in [-0.4, -0.2) is 17.2 Å². The molecule has 0 saturated heterocycles. The van der Waals surface area contributed by atoms with Gasteiger partial charge in [0.1, 0.15) is 0 Å². The summed E-state index contributed by atoms with van der Waals surface area (Å²) in [6, 6.07) is 15.0. The van der Waals surface area contributed by atoms with Gasteiger partial charge in [-0.1, -0.05) is 37.1 Å². The van der Waals surface area contributed by atoms with Gasteiger partial charge >= 0.3 is 6.03 Å². The molecule has 1 aliphatic rings. The van der Waals surface area contributed by atoms with Crippen LogP contribution < -0.4 is 16.0 Å². The lowest BCUT2D eigenvalue weighted by Gasteiger charge is -2.18. The maximum absolute atomic E-state index is 12.5. The number of hydrogen-bond donors (Lipinski definition) is 3. The Morgan fingerprint density at radius 2 is 1.79 bits per heavy atom. The van der Waals surface area contributed by atoms with E-state index in [9.17, 15) is 9.59 Å². The van der Waals surface area contributed by atoms with E-state index in [1.54, 1.807) is 0 Å². The highest BCUT2D eigenvalue weighted by atomic mass is 32.2. The van der Waals surface area contributed by atoms with Crippen molar-refractivity contribution in [3.63, 3.8) is 0 Å². The van der Waals surface area contributed by atoms with Gasteiger partial charge in [-0.2, -0.15) is 0 Å². The Hall–Kier alpha value is -2.47. The van der Waals surface area contributed by atoms with Crippen molar-refractivity contribution >= 4 is 35.1 Å². The molecule has 0 bridgehead atoms. The van der Waals surface area contributed by atoms with Gasteiger partial charge in [0.05, 0.1) is 11.7 Å². The second kappa shape index (κ2) is 9.64. The molecule has 0 radical (unpaired) electrons. The summed E-state index contributed by atoms with van der Waals surface area (Å²) in [5.74, 6) is -0.119. The fourth-order valence-corrected chi connectivity index (χ4v) is 4.72. The average Bonchev–Trinajstić information content (AvgIpc) is 3.16. The molecule has 5 nitrogen and oxygen atoms in total. The number of carbonyl (C=O) groups is 2. The number of rotatable bonds is 6. The van der Waals surface area contributed by atoms with Crippen molar-refractivity contribution in [3.8, 4) is 0 Å². The Labute approximate surface area is 170 Å². The molecule has 1 saturated carbocycles. The molecule has 3 amide bonds. The second-order valence-electron chi connectivity index (χ2n) is 7.15. The lowest BCUT2D eigenvalue weighted by atomic mass is 10.1. The molecule has 2 aromatic rings. The molecule has 1 fully saturated rings. The summed E-state index contributed by atoms with van der Waals surface area (Å²) in [6.45, 7) is 3.40. The number of nitrogens with one attached hydrogen (secondary N) is 3. The Morgan fingerprint density at radius 3 is 2.54 bits per heavy atom. The fourth-order valence-electron chi connectivity index (χ4n) is 3.39. The number of benzene rings is 2. The van der Waals surface area contributed by atoms with Crippen molar-refractivity contribution in [1.29, 1.82) is 0 Å². The van der Waals surface area contributed by atoms with E-state index in [1.807, 2.05) is 61.2 Å². The number of hydrogen-bond acceptors (Lipinski definition) is 3. The zero-order chi connectivity index (χ0) is 19.9. The molecule has 2 aromatic carbocycles. The highest BCUT2D eigenvalue weighted by Crippen LogP contribution is 2.38. The fraction of sp³-hybridized carbons (Fsp3) is 0.364. The molecular formula is C22H27N3O2S. The summed E-state index contributed by atoms with van der Waals surface area (Å²) in [5, 5.41) is 9.37. The van der Waals surface area contributed by atoms with Crippen molar-refractivity contribution in [1.82, 2.24) is 5.32 Å². The molecule has 0 aliphatic heterocycles. The topological polar surface area (TPSA) is 70.2 Å². The van der Waals surface area contributed by atoms with Crippen molar-refractivity contribution in [2.24, 2.45) is 0 Å². The Balaban J connectivity index is 1.61. The van der Waals surface area contributed by atoms with Gasteiger partial charge in [0.25, 0.3) is 0 Å². The summed E-state index contributed by atoms with van der Waals surface area (Å²) in [7, 11) is 0. The van der Waals surface area contributed by atoms with Gasteiger partial charge in [-0.05, 0) is 49.6 Å². The van der Waals surface area contributed by atoms with Crippen molar-refractivity contribution in [2.45, 2.75) is 55.7 Å². The summed E-state index contributed by atoms with van der Waals surface area (Å²) in [6.07, 6.45) is 5.07. The van der Waals surface area contributed by atoms with Crippen LogP contribution in [0, 0.1) is 0 Å². The molecule has 148 valence electrons. The first kappa shape index (κ1) is 20.3. The molecule has 1 atom stereocenters. The molecule has 0 aromatic heterocycles. The third kappa shape index (κ3) is 5.76. The SMILES string of the molecule is CC(=O)Nc1cccc([C@H](C)NC(=O)Nc2ccccc2SC2CCCC2)c1. The van der Waals surface area contributed by atoms with Gasteiger partial charge in [-0.15, -0.1) is 11.8 Å². The average molecular weight is 398 g/mol. The Bertz CT molecular complexity index is 834. The maximum atomic E-state index is 12.5. The number of amides is 3. The van der Waals surface area contributed by atoms with Gasteiger partial charge in [-0.3, -0.25) is 4.79 Å². The van der Waals surface area contributed by atoms with Crippen LogP contribution in [0.15, 0.2) is 53.4 Å². The van der Waals surface area contributed by atoms with E-state index in [4.69, 9.17) is 0 Å². The lowest BCUT2D eigenvalue weighted by molar-refractivity contribution is -0.114. The molecule has 28 heavy (non-hydrogen) atoms. The Kier molecular flexibility index (Phi) is 6.98. The summed E-state index contributed by atoms with van der Waals surface area (Å²) < 4.78 is 0. The van der Waals surface area contributed by atoms with Crippen LogP contribution in [0.25, 0.3) is 0 Å². The third-order valence-corrected chi connectivity index (χ3v) is 6.20. The first-order valence-electron chi connectivity index (χ1n) is 9.72. The number of carbonyl (C=O) groups excluding carboxylic acids is 2. The molecule has 1 aliphatic carbocycles. The van der Waals surface area contributed by atoms with Gasteiger partial charge < -0.3 is 16.0 Å². The molecule has 3 rings (SSSR count). The standard InChI is InChI=1S/C22H27N3O2S/c1-15(17-8-7-9-18(14-17)24-16(2)26)23-22(27)25-20-12-5-6-13-21(20)28-19-10-3-4-11-19/h5-9,12-15,19H,3-4,10-11H2,1-2H3,(H,24,26)(H2,23,25,27)/t15-/m0/s1. The zero-order valence-corrected chi connectivity index (χ0v) is 17.1. The first-order chi connectivity index (χ1) is 13.5. The largest absolute Gasteiger partial charge is 0.331 e. The number of urea groups is 1. The van der Waals surface area contributed by atoms with Gasteiger partial charge in [0.15, 0.2) is 0 Å². The Morgan fingerprint density at radius 1 is 1.04 bits per heavy atom. The quantitative estimate of drug-likeness (QED) is 0.597. The number of anilines is 2. The van der Waals surface area contributed by atoms with Crippen LogP contribution in [0.5, 0.6) is 0 Å². The minimum absolute atomic E-state index is 0.119. The number of thioether (sulfide) groups is 1. The van der Waals surface area contributed by atoms with Crippen LogP contribution in [0.4, 0.5) is 16.2 Å². The summed E-state index contributed by atoms with van der Waals surface area (Å²) in [5.41, 5.74) is 2.49. The van der Waals surface area contributed by atoms with Gasteiger partial charge in [0, 0.05) is 22.8 Å². The van der Waals surface area contributed by atoms with Crippen molar-refractivity contribution < 1.29 is 9.59 Å².